The largest absolute Gasteiger partial charge is 0.305 e. The third kappa shape index (κ3) is 3.53. The van der Waals surface area contributed by atoms with Crippen LogP contribution in [0.15, 0.2) is 47.7 Å². The summed E-state index contributed by atoms with van der Waals surface area (Å²) in [6, 6.07) is 9.00. The maximum Gasteiger partial charge on any atom is 0.0764 e. The van der Waals surface area contributed by atoms with Gasteiger partial charge in [-0.05, 0) is 42.3 Å². The van der Waals surface area contributed by atoms with Crippen LogP contribution in [0.3, 0.4) is 0 Å². The highest BCUT2D eigenvalue weighted by molar-refractivity contribution is 7.11. The van der Waals surface area contributed by atoms with Crippen molar-refractivity contribution in [3.8, 4) is 0 Å². The first kappa shape index (κ1) is 12.6. The molecule has 0 saturated heterocycles. The van der Waals surface area contributed by atoms with Crippen molar-refractivity contribution < 1.29 is 0 Å². The van der Waals surface area contributed by atoms with Crippen LogP contribution in [0.1, 0.15) is 28.6 Å². The van der Waals surface area contributed by atoms with Crippen molar-refractivity contribution in [1.82, 2.24) is 5.32 Å². The zero-order valence-electron chi connectivity index (χ0n) is 9.76. The molecule has 1 nitrogen and oxygen atoms in total. The Bertz CT molecular complexity index is 383. The maximum atomic E-state index is 3.75. The summed E-state index contributed by atoms with van der Waals surface area (Å²) in [7, 11) is 0. The van der Waals surface area contributed by atoms with E-state index >= 15 is 0 Å². The van der Waals surface area contributed by atoms with Gasteiger partial charge in [-0.15, -0.1) is 29.3 Å². The van der Waals surface area contributed by atoms with E-state index in [9.17, 15) is 0 Å². The molecule has 2 aromatic heterocycles. The maximum absolute atomic E-state index is 3.75. The fraction of sp³-hybridized carbons (Fsp3) is 0.286. The summed E-state index contributed by atoms with van der Waals surface area (Å²) < 4.78 is 0. The standard InChI is InChI=1S/C14H17NS2/c1-2-3-4-9-15-14(12-7-5-10-16-12)13-8-6-11-17-13/h2,5-8,10-11,14-15H,1,3-4,9H2. The van der Waals surface area contributed by atoms with Crippen molar-refractivity contribution in [2.24, 2.45) is 0 Å². The van der Waals surface area contributed by atoms with Gasteiger partial charge in [-0.3, -0.25) is 0 Å². The van der Waals surface area contributed by atoms with Gasteiger partial charge < -0.3 is 5.32 Å². The molecule has 0 aromatic carbocycles. The lowest BCUT2D eigenvalue weighted by atomic mass is 10.2. The summed E-state index contributed by atoms with van der Waals surface area (Å²) in [5.41, 5.74) is 0. The molecule has 0 radical (unpaired) electrons. The summed E-state index contributed by atoms with van der Waals surface area (Å²) >= 11 is 3.63. The smallest absolute Gasteiger partial charge is 0.0764 e. The highest BCUT2D eigenvalue weighted by Crippen LogP contribution is 2.28. The van der Waals surface area contributed by atoms with Crippen LogP contribution in [0.2, 0.25) is 0 Å². The topological polar surface area (TPSA) is 12.0 Å². The van der Waals surface area contributed by atoms with E-state index in [1.807, 2.05) is 28.7 Å². The van der Waals surface area contributed by atoms with Gasteiger partial charge in [0, 0.05) is 9.75 Å². The Morgan fingerprint density at radius 1 is 1.18 bits per heavy atom. The number of hydrogen-bond donors (Lipinski definition) is 1. The van der Waals surface area contributed by atoms with Gasteiger partial charge in [0.05, 0.1) is 6.04 Å². The fourth-order valence-corrected chi connectivity index (χ4v) is 3.46. The quantitative estimate of drug-likeness (QED) is 0.574. The van der Waals surface area contributed by atoms with Crippen molar-refractivity contribution >= 4 is 22.7 Å². The molecule has 1 N–H and O–H groups in total. The molecule has 0 aliphatic carbocycles. The minimum Gasteiger partial charge on any atom is -0.305 e. The molecular formula is C14H17NS2. The van der Waals surface area contributed by atoms with E-state index in [2.05, 4.69) is 46.9 Å². The average molecular weight is 263 g/mol. The zero-order valence-corrected chi connectivity index (χ0v) is 11.4. The molecule has 17 heavy (non-hydrogen) atoms. The summed E-state index contributed by atoms with van der Waals surface area (Å²) in [4.78, 5) is 2.79. The first-order valence-electron chi connectivity index (χ1n) is 5.83. The monoisotopic (exact) mass is 263 g/mol. The Labute approximate surface area is 111 Å². The molecule has 0 bridgehead atoms. The SMILES string of the molecule is C=CCCCNC(c1cccs1)c1cccs1. The van der Waals surface area contributed by atoms with E-state index in [1.165, 1.54) is 9.75 Å². The van der Waals surface area contributed by atoms with Crippen LogP contribution in [-0.2, 0) is 0 Å². The molecule has 2 rings (SSSR count). The van der Waals surface area contributed by atoms with Gasteiger partial charge in [-0.2, -0.15) is 0 Å². The molecule has 2 aromatic rings. The number of rotatable bonds is 7. The minimum atomic E-state index is 0.361. The van der Waals surface area contributed by atoms with Crippen LogP contribution in [0.4, 0.5) is 0 Å². The second-order valence-corrected chi connectivity index (χ2v) is 5.81. The van der Waals surface area contributed by atoms with Gasteiger partial charge >= 0.3 is 0 Å². The fourth-order valence-electron chi connectivity index (χ4n) is 1.75. The molecule has 3 heteroatoms. The number of nitrogens with one attached hydrogen (secondary N) is 1. The van der Waals surface area contributed by atoms with Crippen LogP contribution in [0.5, 0.6) is 0 Å². The van der Waals surface area contributed by atoms with Gasteiger partial charge in [-0.1, -0.05) is 18.2 Å². The third-order valence-electron chi connectivity index (χ3n) is 2.59. The first-order chi connectivity index (χ1) is 8.42. The molecular weight excluding hydrogens is 246 g/mol. The van der Waals surface area contributed by atoms with Crippen molar-refractivity contribution in [2.45, 2.75) is 18.9 Å². The highest BCUT2D eigenvalue weighted by Gasteiger charge is 2.14. The van der Waals surface area contributed by atoms with Gasteiger partial charge in [0.2, 0.25) is 0 Å². The van der Waals surface area contributed by atoms with E-state index in [0.29, 0.717) is 6.04 Å². The Hall–Kier alpha value is -0.900. The van der Waals surface area contributed by atoms with E-state index in [-0.39, 0.29) is 0 Å². The molecule has 0 fully saturated rings. The zero-order chi connectivity index (χ0) is 11.9. The molecule has 0 saturated carbocycles. The van der Waals surface area contributed by atoms with Gasteiger partial charge in [0.15, 0.2) is 0 Å². The minimum absolute atomic E-state index is 0.361. The summed E-state index contributed by atoms with van der Waals surface area (Å²) in [6.45, 7) is 4.79. The molecule has 0 unspecified atom stereocenters. The molecule has 0 amide bonds. The van der Waals surface area contributed by atoms with Crippen LogP contribution < -0.4 is 5.32 Å². The second kappa shape index (κ2) is 6.74. The number of thiophene rings is 2. The van der Waals surface area contributed by atoms with E-state index in [0.717, 1.165) is 19.4 Å². The Morgan fingerprint density at radius 3 is 2.29 bits per heavy atom. The molecule has 90 valence electrons. The summed E-state index contributed by atoms with van der Waals surface area (Å²) in [5, 5.41) is 7.91. The first-order valence-corrected chi connectivity index (χ1v) is 7.59. The van der Waals surface area contributed by atoms with Crippen LogP contribution in [0, 0.1) is 0 Å². The number of unbranched alkanes of at least 4 members (excludes halogenated alkanes) is 1. The summed E-state index contributed by atoms with van der Waals surface area (Å²) in [5.74, 6) is 0. The third-order valence-corrected chi connectivity index (χ3v) is 4.46. The van der Waals surface area contributed by atoms with Gasteiger partial charge in [-0.25, -0.2) is 0 Å². The lowest BCUT2D eigenvalue weighted by Crippen LogP contribution is -2.21. The van der Waals surface area contributed by atoms with Crippen molar-refractivity contribution in [2.75, 3.05) is 6.54 Å². The molecule has 2 heterocycles. The molecule has 0 aliphatic rings. The summed E-state index contributed by atoms with van der Waals surface area (Å²) in [6.07, 6.45) is 4.21. The number of hydrogen-bond acceptors (Lipinski definition) is 3. The van der Waals surface area contributed by atoms with Gasteiger partial charge in [0.1, 0.15) is 0 Å². The molecule has 0 atom stereocenters. The van der Waals surface area contributed by atoms with Gasteiger partial charge in [0.25, 0.3) is 0 Å². The Morgan fingerprint density at radius 2 is 1.82 bits per heavy atom. The van der Waals surface area contributed by atoms with E-state index < -0.39 is 0 Å². The highest BCUT2D eigenvalue weighted by atomic mass is 32.1. The van der Waals surface area contributed by atoms with Crippen molar-refractivity contribution in [3.63, 3.8) is 0 Å². The van der Waals surface area contributed by atoms with Crippen molar-refractivity contribution in [1.29, 1.82) is 0 Å². The predicted molar refractivity (Wildman–Crippen MR) is 77.9 cm³/mol. The van der Waals surface area contributed by atoms with Crippen LogP contribution in [-0.4, -0.2) is 6.54 Å². The predicted octanol–water partition coefficient (Wildman–Crippen LogP) is 4.45. The number of allylic oxidation sites excluding steroid dienone is 1. The Balaban J connectivity index is 2.01. The molecule has 0 spiro atoms. The van der Waals surface area contributed by atoms with Crippen molar-refractivity contribution in [3.05, 3.63) is 57.4 Å². The molecule has 0 aliphatic heterocycles. The normalized spacial score (nSPS) is 10.9. The Kier molecular flexibility index (Phi) is 4.98. The lowest BCUT2D eigenvalue weighted by molar-refractivity contribution is 0.600. The van der Waals surface area contributed by atoms with E-state index in [1.54, 1.807) is 0 Å². The van der Waals surface area contributed by atoms with Crippen LogP contribution >= 0.6 is 22.7 Å². The van der Waals surface area contributed by atoms with E-state index in [4.69, 9.17) is 0 Å². The average Bonchev–Trinajstić information content (AvgIpc) is 3.02. The second-order valence-electron chi connectivity index (χ2n) is 3.85. The van der Waals surface area contributed by atoms with Crippen LogP contribution in [0.25, 0.3) is 0 Å². The lowest BCUT2D eigenvalue weighted by Gasteiger charge is -2.15.